The van der Waals surface area contributed by atoms with Gasteiger partial charge in [-0.15, -0.1) is 0 Å². The summed E-state index contributed by atoms with van der Waals surface area (Å²) in [7, 11) is -3.42. The van der Waals surface area contributed by atoms with Crippen LogP contribution in [0, 0.1) is 6.92 Å². The van der Waals surface area contributed by atoms with Crippen LogP contribution in [0.15, 0.2) is 12.3 Å². The first-order valence-corrected chi connectivity index (χ1v) is 14.7. The molecule has 2 aromatic heterocycles. The number of sulfonamides is 1. The highest BCUT2D eigenvalue weighted by atomic mass is 32.2. The van der Waals surface area contributed by atoms with Crippen LogP contribution in [-0.4, -0.2) is 93.7 Å². The van der Waals surface area contributed by atoms with E-state index in [9.17, 15) is 13.2 Å². The first-order chi connectivity index (χ1) is 17.8. The number of fused-ring (bicyclic) bond motifs is 1. The molecule has 38 heavy (non-hydrogen) atoms. The zero-order chi connectivity index (χ0) is 27.4. The minimum atomic E-state index is -3.42. The number of nitrogens with zero attached hydrogens (tertiary/aromatic N) is 5. The molecular formula is C25H36F2N6O4S. The smallest absolute Gasteiger partial charge is 0.410 e. The number of aryl methyl sites for hydroxylation is 1. The Morgan fingerprint density at radius 1 is 1.11 bits per heavy atom. The van der Waals surface area contributed by atoms with Gasteiger partial charge in [0.1, 0.15) is 23.6 Å². The molecule has 4 heterocycles. The number of piperidine rings is 2. The number of alkyl halides is 2. The summed E-state index contributed by atoms with van der Waals surface area (Å²) in [5.74, 6) is 0.213. The number of aromatic nitrogens is 3. The Balaban J connectivity index is 1.29. The van der Waals surface area contributed by atoms with E-state index in [0.717, 1.165) is 11.1 Å². The molecule has 1 saturated carbocycles. The maximum atomic E-state index is 15.4. The standard InChI is InChI=1S/C25H36F2N6O4S/c1-15-11-16-12-28-23(29-20-7-10-32(14-18(20)26)38(35,36)17-5-6-17)30-22(16)33(15)21-8-9-31(13-19(21)27)24(34)37-25(2,3)4/h11-12,17-21H,5-10,13-14H2,1-4H3,(H,28,29,30)/t18-,19-,20-,21+/m0/s1. The van der Waals surface area contributed by atoms with E-state index in [2.05, 4.69) is 15.3 Å². The van der Waals surface area contributed by atoms with Gasteiger partial charge in [0.05, 0.1) is 23.9 Å². The average Bonchev–Trinajstić information content (AvgIpc) is 3.64. The first-order valence-electron chi connectivity index (χ1n) is 13.2. The summed E-state index contributed by atoms with van der Waals surface area (Å²) in [5.41, 5.74) is 0.683. The lowest BCUT2D eigenvalue weighted by Crippen LogP contribution is -2.50. The molecule has 10 nitrogen and oxygen atoms in total. The van der Waals surface area contributed by atoms with Gasteiger partial charge in [-0.2, -0.15) is 9.29 Å². The Labute approximate surface area is 221 Å². The number of halogens is 2. The molecule has 1 aliphatic carbocycles. The number of likely N-dealkylation sites (tertiary alicyclic amines) is 1. The van der Waals surface area contributed by atoms with Crippen molar-refractivity contribution in [1.82, 2.24) is 23.7 Å². The lowest BCUT2D eigenvalue weighted by atomic mass is 10.0. The fourth-order valence-electron chi connectivity index (χ4n) is 5.32. The predicted molar refractivity (Wildman–Crippen MR) is 139 cm³/mol. The summed E-state index contributed by atoms with van der Waals surface area (Å²) in [6.07, 6.45) is 0.328. The number of anilines is 1. The molecule has 0 spiro atoms. The van der Waals surface area contributed by atoms with Crippen LogP contribution in [0.3, 0.4) is 0 Å². The molecule has 0 unspecified atom stereocenters. The second kappa shape index (κ2) is 9.89. The van der Waals surface area contributed by atoms with Crippen molar-refractivity contribution in [2.45, 2.75) is 88.7 Å². The Hall–Kier alpha value is -2.54. The van der Waals surface area contributed by atoms with Gasteiger partial charge >= 0.3 is 6.09 Å². The summed E-state index contributed by atoms with van der Waals surface area (Å²) < 4.78 is 63.9. The molecule has 210 valence electrons. The monoisotopic (exact) mass is 554 g/mol. The van der Waals surface area contributed by atoms with Crippen molar-refractivity contribution < 1.29 is 26.7 Å². The van der Waals surface area contributed by atoms with Crippen molar-refractivity contribution in [3.05, 3.63) is 18.0 Å². The van der Waals surface area contributed by atoms with E-state index in [1.54, 1.807) is 27.0 Å². The van der Waals surface area contributed by atoms with E-state index in [1.807, 2.05) is 17.6 Å². The normalized spacial score (nSPS) is 27.5. The molecule has 2 saturated heterocycles. The van der Waals surface area contributed by atoms with Gasteiger partial charge in [-0.3, -0.25) is 0 Å². The summed E-state index contributed by atoms with van der Waals surface area (Å²) in [5, 5.41) is 3.41. The molecule has 13 heteroatoms. The maximum Gasteiger partial charge on any atom is 0.410 e. The predicted octanol–water partition coefficient (Wildman–Crippen LogP) is 3.58. The molecule has 2 aromatic rings. The minimum Gasteiger partial charge on any atom is -0.444 e. The van der Waals surface area contributed by atoms with Gasteiger partial charge in [0.15, 0.2) is 0 Å². The number of amides is 1. The molecular weight excluding hydrogens is 518 g/mol. The molecule has 1 amide bonds. The summed E-state index contributed by atoms with van der Waals surface area (Å²) >= 11 is 0. The van der Waals surface area contributed by atoms with Crippen LogP contribution in [0.5, 0.6) is 0 Å². The van der Waals surface area contributed by atoms with E-state index in [-0.39, 0.29) is 30.8 Å². The second-order valence-electron chi connectivity index (χ2n) is 11.6. The number of ether oxygens (including phenoxy) is 1. The Kier molecular flexibility index (Phi) is 7.04. The zero-order valence-electron chi connectivity index (χ0n) is 22.2. The second-order valence-corrected chi connectivity index (χ2v) is 13.8. The lowest BCUT2D eigenvalue weighted by Gasteiger charge is -2.36. The quantitative estimate of drug-likeness (QED) is 0.602. The third-order valence-electron chi connectivity index (χ3n) is 7.38. The largest absolute Gasteiger partial charge is 0.444 e. The van der Waals surface area contributed by atoms with Crippen LogP contribution in [0.2, 0.25) is 0 Å². The molecule has 3 fully saturated rings. The molecule has 2 aliphatic heterocycles. The molecule has 5 rings (SSSR count). The molecule has 0 radical (unpaired) electrons. The van der Waals surface area contributed by atoms with Crippen LogP contribution in [0.1, 0.15) is 58.2 Å². The SMILES string of the molecule is Cc1cc2cnc(N[C@H]3CCN(S(=O)(=O)C4CC4)C[C@@H]3F)nc2n1[C@@H]1CCN(C(=O)OC(C)(C)C)C[C@@H]1F. The molecule has 3 aliphatic rings. The van der Waals surface area contributed by atoms with E-state index < -0.39 is 46.1 Å². The zero-order valence-corrected chi connectivity index (χ0v) is 23.0. The number of carbonyl (C=O) groups excluding carboxylic acids is 1. The van der Waals surface area contributed by atoms with Gasteiger partial charge in [-0.25, -0.2) is 27.0 Å². The van der Waals surface area contributed by atoms with Gasteiger partial charge in [0, 0.05) is 36.9 Å². The molecule has 0 aromatic carbocycles. The minimum absolute atomic E-state index is 0.0826. The van der Waals surface area contributed by atoms with Crippen molar-refractivity contribution >= 4 is 33.1 Å². The third kappa shape index (κ3) is 5.45. The summed E-state index contributed by atoms with van der Waals surface area (Å²) in [4.78, 5) is 22.8. The van der Waals surface area contributed by atoms with E-state index in [0.29, 0.717) is 37.9 Å². The third-order valence-corrected chi connectivity index (χ3v) is 9.75. The van der Waals surface area contributed by atoms with Gasteiger partial charge in [0.2, 0.25) is 16.0 Å². The number of rotatable bonds is 5. The Morgan fingerprint density at radius 2 is 1.84 bits per heavy atom. The summed E-state index contributed by atoms with van der Waals surface area (Å²) in [6, 6.07) is 0.720. The van der Waals surface area contributed by atoms with Gasteiger partial charge in [0.25, 0.3) is 0 Å². The van der Waals surface area contributed by atoms with E-state index in [1.165, 1.54) is 9.21 Å². The average molecular weight is 555 g/mol. The maximum absolute atomic E-state index is 15.4. The van der Waals surface area contributed by atoms with Gasteiger partial charge in [-0.1, -0.05) is 0 Å². The number of hydrogen-bond acceptors (Lipinski definition) is 7. The topological polar surface area (TPSA) is 110 Å². The molecule has 0 bridgehead atoms. The van der Waals surface area contributed by atoms with Gasteiger partial charge in [-0.05, 0) is 59.4 Å². The highest BCUT2D eigenvalue weighted by Gasteiger charge is 2.44. The molecule has 4 atom stereocenters. The highest BCUT2D eigenvalue weighted by molar-refractivity contribution is 7.90. The van der Waals surface area contributed by atoms with Crippen LogP contribution in [0.4, 0.5) is 19.5 Å². The first kappa shape index (κ1) is 27.0. The van der Waals surface area contributed by atoms with E-state index >= 15 is 8.78 Å². The van der Waals surface area contributed by atoms with Crippen LogP contribution < -0.4 is 5.32 Å². The fourth-order valence-corrected chi connectivity index (χ4v) is 7.18. The number of hydrogen-bond donors (Lipinski definition) is 1. The van der Waals surface area contributed by atoms with Crippen molar-refractivity contribution in [3.8, 4) is 0 Å². The van der Waals surface area contributed by atoms with Crippen molar-refractivity contribution in [1.29, 1.82) is 0 Å². The fraction of sp³-hybridized carbons (Fsp3) is 0.720. The van der Waals surface area contributed by atoms with Crippen molar-refractivity contribution in [3.63, 3.8) is 0 Å². The summed E-state index contributed by atoms with van der Waals surface area (Å²) in [6.45, 7) is 7.51. The van der Waals surface area contributed by atoms with Gasteiger partial charge < -0.3 is 19.5 Å². The Bertz CT molecular complexity index is 1310. The van der Waals surface area contributed by atoms with Crippen molar-refractivity contribution in [2.24, 2.45) is 0 Å². The number of carbonyl (C=O) groups is 1. The lowest BCUT2D eigenvalue weighted by molar-refractivity contribution is 0.00693. The highest BCUT2D eigenvalue weighted by Crippen LogP contribution is 2.34. The Morgan fingerprint density at radius 3 is 2.47 bits per heavy atom. The van der Waals surface area contributed by atoms with Crippen LogP contribution in [-0.2, 0) is 14.8 Å². The van der Waals surface area contributed by atoms with Crippen LogP contribution >= 0.6 is 0 Å². The molecule has 1 N–H and O–H groups in total. The van der Waals surface area contributed by atoms with Crippen molar-refractivity contribution in [2.75, 3.05) is 31.5 Å². The van der Waals surface area contributed by atoms with E-state index in [4.69, 9.17) is 4.74 Å². The van der Waals surface area contributed by atoms with Crippen LogP contribution in [0.25, 0.3) is 11.0 Å². The number of nitrogens with one attached hydrogen (secondary N) is 1.